The van der Waals surface area contributed by atoms with Gasteiger partial charge < -0.3 is 10.7 Å². The Morgan fingerprint density at radius 2 is 2.00 bits per heavy atom. The Bertz CT molecular complexity index is 468. The number of fused-ring (bicyclic) bond motifs is 1. The molecule has 2 aromatic rings. The summed E-state index contributed by atoms with van der Waals surface area (Å²) in [6, 6.07) is 8.45. The number of hydrogen-bond acceptors (Lipinski definition) is 1. The largest absolute Gasteiger partial charge is 0.361 e. The van der Waals surface area contributed by atoms with Crippen LogP contribution in [0, 0.1) is 5.41 Å². The summed E-state index contributed by atoms with van der Waals surface area (Å²) in [5, 5.41) is 1.34. The van der Waals surface area contributed by atoms with E-state index in [9.17, 15) is 0 Å². The smallest absolute Gasteiger partial charge is 0.0456 e. The third-order valence-electron chi connectivity index (χ3n) is 3.30. The molecule has 0 amide bonds. The van der Waals surface area contributed by atoms with E-state index in [0.717, 1.165) is 19.4 Å². The number of nitrogens with one attached hydrogen (secondary N) is 1. The molecule has 86 valence electrons. The quantitative estimate of drug-likeness (QED) is 0.810. The highest BCUT2D eigenvalue weighted by atomic mass is 14.7. The first kappa shape index (κ1) is 11.2. The number of rotatable bonds is 4. The molecule has 0 saturated heterocycles. The number of aromatic nitrogens is 1. The maximum atomic E-state index is 5.75. The average molecular weight is 216 g/mol. The summed E-state index contributed by atoms with van der Waals surface area (Å²) in [5.41, 5.74) is 8.61. The van der Waals surface area contributed by atoms with E-state index in [0.29, 0.717) is 0 Å². The Kier molecular flexibility index (Phi) is 3.01. The molecular weight excluding hydrogens is 196 g/mol. The van der Waals surface area contributed by atoms with Gasteiger partial charge >= 0.3 is 0 Å². The van der Waals surface area contributed by atoms with Crippen molar-refractivity contribution in [3.63, 3.8) is 0 Å². The van der Waals surface area contributed by atoms with Gasteiger partial charge in [-0.3, -0.25) is 0 Å². The van der Waals surface area contributed by atoms with Crippen molar-refractivity contribution in [2.75, 3.05) is 6.54 Å². The van der Waals surface area contributed by atoms with Gasteiger partial charge in [0.25, 0.3) is 0 Å². The number of hydrogen-bond donors (Lipinski definition) is 2. The molecule has 0 saturated carbocycles. The second kappa shape index (κ2) is 4.30. The molecule has 0 unspecified atom stereocenters. The highest BCUT2D eigenvalue weighted by molar-refractivity contribution is 5.82. The minimum atomic E-state index is 0.234. The van der Waals surface area contributed by atoms with Crippen LogP contribution in [0.5, 0.6) is 0 Å². The Balaban J connectivity index is 2.16. The van der Waals surface area contributed by atoms with Gasteiger partial charge in [-0.25, -0.2) is 0 Å². The lowest BCUT2D eigenvalue weighted by Crippen LogP contribution is -2.23. The van der Waals surface area contributed by atoms with Crippen molar-refractivity contribution in [3.8, 4) is 0 Å². The molecule has 0 aliphatic rings. The molecule has 0 atom stereocenters. The van der Waals surface area contributed by atoms with Gasteiger partial charge in [0.05, 0.1) is 0 Å². The molecular formula is C14H20N2. The van der Waals surface area contributed by atoms with Crippen LogP contribution in [0.4, 0.5) is 0 Å². The fraction of sp³-hybridized carbons (Fsp3) is 0.429. The van der Waals surface area contributed by atoms with Crippen LogP contribution in [0.25, 0.3) is 10.9 Å². The Labute approximate surface area is 96.9 Å². The first-order valence-electron chi connectivity index (χ1n) is 5.87. The molecule has 3 N–H and O–H groups in total. The molecule has 1 aromatic heterocycles. The van der Waals surface area contributed by atoms with E-state index in [-0.39, 0.29) is 5.41 Å². The van der Waals surface area contributed by atoms with E-state index >= 15 is 0 Å². The van der Waals surface area contributed by atoms with Crippen LogP contribution in [0.3, 0.4) is 0 Å². The van der Waals surface area contributed by atoms with Gasteiger partial charge in [0.2, 0.25) is 0 Å². The molecule has 16 heavy (non-hydrogen) atoms. The molecule has 0 fully saturated rings. The van der Waals surface area contributed by atoms with Crippen molar-refractivity contribution >= 4 is 10.9 Å². The van der Waals surface area contributed by atoms with E-state index in [2.05, 4.69) is 49.3 Å². The zero-order valence-corrected chi connectivity index (χ0v) is 10.1. The summed E-state index contributed by atoms with van der Waals surface area (Å²) in [7, 11) is 0. The van der Waals surface area contributed by atoms with Crippen LogP contribution >= 0.6 is 0 Å². The van der Waals surface area contributed by atoms with Crippen molar-refractivity contribution in [2.45, 2.75) is 26.7 Å². The van der Waals surface area contributed by atoms with E-state index in [1.54, 1.807) is 0 Å². The van der Waals surface area contributed by atoms with Crippen LogP contribution in [-0.4, -0.2) is 11.5 Å². The van der Waals surface area contributed by atoms with Gasteiger partial charge in [-0.15, -0.1) is 0 Å². The summed E-state index contributed by atoms with van der Waals surface area (Å²) in [4.78, 5) is 3.31. The lowest BCUT2D eigenvalue weighted by atomic mass is 9.86. The van der Waals surface area contributed by atoms with Crippen LogP contribution in [-0.2, 0) is 6.42 Å². The summed E-state index contributed by atoms with van der Waals surface area (Å²) < 4.78 is 0. The Morgan fingerprint density at radius 1 is 1.25 bits per heavy atom. The fourth-order valence-corrected chi connectivity index (χ4v) is 1.91. The van der Waals surface area contributed by atoms with E-state index < -0.39 is 0 Å². The minimum absolute atomic E-state index is 0.234. The number of nitrogens with two attached hydrogens (primary N) is 1. The number of para-hydroxylation sites is 1. The van der Waals surface area contributed by atoms with Crippen molar-refractivity contribution in [3.05, 3.63) is 36.0 Å². The Morgan fingerprint density at radius 3 is 2.75 bits per heavy atom. The summed E-state index contributed by atoms with van der Waals surface area (Å²) in [6.45, 7) is 5.19. The lowest BCUT2D eigenvalue weighted by molar-refractivity contribution is 0.348. The predicted octanol–water partition coefficient (Wildman–Crippen LogP) is 3.09. The van der Waals surface area contributed by atoms with Crippen molar-refractivity contribution in [1.29, 1.82) is 0 Å². The maximum Gasteiger partial charge on any atom is 0.0456 e. The van der Waals surface area contributed by atoms with Crippen LogP contribution in [0.2, 0.25) is 0 Å². The molecule has 2 heteroatoms. The number of H-pyrrole nitrogens is 1. The van der Waals surface area contributed by atoms with Gasteiger partial charge in [-0.2, -0.15) is 0 Å². The van der Waals surface area contributed by atoms with Gasteiger partial charge in [-0.1, -0.05) is 32.0 Å². The second-order valence-electron chi connectivity index (χ2n) is 5.23. The van der Waals surface area contributed by atoms with Crippen LogP contribution < -0.4 is 5.73 Å². The SMILES string of the molecule is CC(C)(CN)CCc1c[nH]c2ccccc12. The lowest BCUT2D eigenvalue weighted by Gasteiger charge is -2.21. The average Bonchev–Trinajstić information content (AvgIpc) is 2.70. The van der Waals surface area contributed by atoms with Crippen LogP contribution in [0.15, 0.2) is 30.5 Å². The number of benzene rings is 1. The second-order valence-corrected chi connectivity index (χ2v) is 5.23. The summed E-state index contributed by atoms with van der Waals surface area (Å²) in [5.74, 6) is 0. The zero-order chi connectivity index (χ0) is 11.6. The minimum Gasteiger partial charge on any atom is -0.361 e. The highest BCUT2D eigenvalue weighted by Gasteiger charge is 2.16. The molecule has 0 bridgehead atoms. The van der Waals surface area contributed by atoms with E-state index in [1.807, 2.05) is 0 Å². The fourth-order valence-electron chi connectivity index (χ4n) is 1.91. The molecule has 2 rings (SSSR count). The van der Waals surface area contributed by atoms with Crippen molar-refractivity contribution < 1.29 is 0 Å². The topological polar surface area (TPSA) is 41.8 Å². The highest BCUT2D eigenvalue weighted by Crippen LogP contribution is 2.25. The van der Waals surface area contributed by atoms with Crippen LogP contribution in [0.1, 0.15) is 25.8 Å². The zero-order valence-electron chi connectivity index (χ0n) is 10.1. The van der Waals surface area contributed by atoms with Crippen molar-refractivity contribution in [1.82, 2.24) is 4.98 Å². The van der Waals surface area contributed by atoms with Crippen molar-refractivity contribution in [2.24, 2.45) is 11.1 Å². The third-order valence-corrected chi connectivity index (χ3v) is 3.30. The molecule has 0 spiro atoms. The standard InChI is InChI=1S/C14H20N2/c1-14(2,10-15)8-7-11-9-16-13-6-4-3-5-12(11)13/h3-6,9,16H,7-8,10,15H2,1-2H3. The first-order chi connectivity index (χ1) is 7.62. The van der Waals surface area contributed by atoms with E-state index in [4.69, 9.17) is 5.73 Å². The summed E-state index contributed by atoms with van der Waals surface area (Å²) >= 11 is 0. The number of aryl methyl sites for hydroxylation is 1. The normalized spacial score (nSPS) is 12.2. The predicted molar refractivity (Wildman–Crippen MR) is 69.5 cm³/mol. The maximum absolute atomic E-state index is 5.75. The molecule has 1 heterocycles. The first-order valence-corrected chi connectivity index (χ1v) is 5.87. The molecule has 2 nitrogen and oxygen atoms in total. The monoisotopic (exact) mass is 216 g/mol. The third kappa shape index (κ3) is 2.27. The van der Waals surface area contributed by atoms with Gasteiger partial charge in [0.15, 0.2) is 0 Å². The molecule has 0 aliphatic carbocycles. The number of aromatic amines is 1. The van der Waals surface area contributed by atoms with E-state index in [1.165, 1.54) is 16.5 Å². The molecule has 1 aromatic carbocycles. The van der Waals surface area contributed by atoms with Gasteiger partial charge in [0, 0.05) is 17.1 Å². The van der Waals surface area contributed by atoms with Gasteiger partial charge in [-0.05, 0) is 36.4 Å². The summed E-state index contributed by atoms with van der Waals surface area (Å²) in [6.07, 6.45) is 4.34. The molecule has 0 radical (unpaired) electrons. The molecule has 0 aliphatic heterocycles. The van der Waals surface area contributed by atoms with Gasteiger partial charge in [0.1, 0.15) is 0 Å². The Hall–Kier alpha value is -1.28.